The van der Waals surface area contributed by atoms with Gasteiger partial charge in [-0.1, -0.05) is 12.1 Å². The lowest BCUT2D eigenvalue weighted by atomic mass is 10.1. The molecule has 1 unspecified atom stereocenters. The summed E-state index contributed by atoms with van der Waals surface area (Å²) in [5, 5.41) is 8.95. The Morgan fingerprint density at radius 2 is 1.90 bits per heavy atom. The van der Waals surface area contributed by atoms with Crippen LogP contribution in [0.3, 0.4) is 0 Å². The van der Waals surface area contributed by atoms with Gasteiger partial charge in [0.1, 0.15) is 0 Å². The van der Waals surface area contributed by atoms with E-state index in [1.165, 1.54) is 6.07 Å². The smallest absolute Gasteiger partial charge is 0.396 e. The Labute approximate surface area is 121 Å². The van der Waals surface area contributed by atoms with Crippen molar-refractivity contribution in [2.75, 3.05) is 6.61 Å². The van der Waals surface area contributed by atoms with E-state index < -0.39 is 32.7 Å². The third kappa shape index (κ3) is 3.96. The predicted octanol–water partition coefficient (Wildman–Crippen LogP) is 2.14. The number of hydrogen-bond donors (Lipinski definition) is 2. The number of aliphatic hydroxyl groups is 1. The predicted molar refractivity (Wildman–Crippen MR) is 70.0 cm³/mol. The van der Waals surface area contributed by atoms with Crippen LogP contribution in [0.1, 0.15) is 24.8 Å². The van der Waals surface area contributed by atoms with Gasteiger partial charge in [-0.25, -0.2) is 13.1 Å². The van der Waals surface area contributed by atoms with Crippen LogP contribution < -0.4 is 4.72 Å². The van der Waals surface area contributed by atoms with Crippen molar-refractivity contribution in [1.82, 2.24) is 4.72 Å². The second kappa shape index (κ2) is 5.94. The maximum atomic E-state index is 12.9. The first-order valence-electron chi connectivity index (χ1n) is 6.55. The van der Waals surface area contributed by atoms with Crippen LogP contribution in [0.4, 0.5) is 13.2 Å². The van der Waals surface area contributed by atoms with Gasteiger partial charge in [0.05, 0.1) is 10.5 Å². The maximum absolute atomic E-state index is 12.9. The van der Waals surface area contributed by atoms with Gasteiger partial charge in [0, 0.05) is 12.6 Å². The molecule has 1 aromatic carbocycles. The van der Waals surface area contributed by atoms with Crippen LogP contribution >= 0.6 is 0 Å². The molecule has 4 nitrogen and oxygen atoms in total. The molecule has 0 spiro atoms. The number of sulfonamides is 1. The number of alkyl halides is 3. The molecule has 0 bridgehead atoms. The van der Waals surface area contributed by atoms with E-state index in [0.29, 0.717) is 0 Å². The van der Waals surface area contributed by atoms with Crippen molar-refractivity contribution >= 4 is 10.0 Å². The topological polar surface area (TPSA) is 66.4 Å². The monoisotopic (exact) mass is 323 g/mol. The summed E-state index contributed by atoms with van der Waals surface area (Å²) in [4.78, 5) is -0.777. The summed E-state index contributed by atoms with van der Waals surface area (Å²) in [7, 11) is -4.28. The lowest BCUT2D eigenvalue weighted by Crippen LogP contribution is -2.38. The Morgan fingerprint density at radius 1 is 1.29 bits per heavy atom. The summed E-state index contributed by atoms with van der Waals surface area (Å²) in [5.41, 5.74) is -1.18. The van der Waals surface area contributed by atoms with Gasteiger partial charge in [-0.05, 0) is 37.3 Å². The summed E-state index contributed by atoms with van der Waals surface area (Å²) in [6.07, 6.45) is -2.92. The van der Waals surface area contributed by atoms with Gasteiger partial charge < -0.3 is 5.11 Å². The number of rotatable bonds is 6. The molecule has 21 heavy (non-hydrogen) atoms. The molecular formula is C13H16F3NO3S. The second-order valence-corrected chi connectivity index (χ2v) is 6.75. The van der Waals surface area contributed by atoms with Gasteiger partial charge in [-0.15, -0.1) is 0 Å². The second-order valence-electron chi connectivity index (χ2n) is 5.07. The van der Waals surface area contributed by atoms with Crippen LogP contribution in [-0.4, -0.2) is 26.2 Å². The van der Waals surface area contributed by atoms with E-state index >= 15 is 0 Å². The highest BCUT2D eigenvalue weighted by Gasteiger charge is 2.39. The minimum Gasteiger partial charge on any atom is -0.396 e. The molecule has 0 heterocycles. The SMILES string of the molecule is O=S(=O)(NC(CCO)C1CC1)c1ccccc1C(F)(F)F. The lowest BCUT2D eigenvalue weighted by molar-refractivity contribution is -0.139. The van der Waals surface area contributed by atoms with E-state index in [9.17, 15) is 21.6 Å². The van der Waals surface area contributed by atoms with E-state index in [1.807, 2.05) is 0 Å². The average Bonchev–Trinajstić information content (AvgIpc) is 3.21. The van der Waals surface area contributed by atoms with Crippen molar-refractivity contribution in [2.45, 2.75) is 36.4 Å². The van der Waals surface area contributed by atoms with E-state index in [-0.39, 0.29) is 18.9 Å². The molecule has 0 amide bonds. The van der Waals surface area contributed by atoms with Crippen molar-refractivity contribution in [1.29, 1.82) is 0 Å². The Kier molecular flexibility index (Phi) is 4.60. The van der Waals surface area contributed by atoms with Gasteiger partial charge in [0.25, 0.3) is 0 Å². The van der Waals surface area contributed by atoms with Crippen LogP contribution in [0.15, 0.2) is 29.2 Å². The molecule has 0 aromatic heterocycles. The highest BCUT2D eigenvalue weighted by Crippen LogP contribution is 2.37. The summed E-state index contributed by atoms with van der Waals surface area (Å²) >= 11 is 0. The summed E-state index contributed by atoms with van der Waals surface area (Å²) in [6.45, 7) is -0.218. The van der Waals surface area contributed by atoms with Gasteiger partial charge in [-0.3, -0.25) is 0 Å². The molecule has 1 atom stereocenters. The van der Waals surface area contributed by atoms with Gasteiger partial charge in [0.2, 0.25) is 10.0 Å². The minimum atomic E-state index is -4.74. The first-order valence-corrected chi connectivity index (χ1v) is 8.03. The number of nitrogens with one attached hydrogen (secondary N) is 1. The Bertz CT molecular complexity index is 597. The molecule has 1 aliphatic carbocycles. The fourth-order valence-electron chi connectivity index (χ4n) is 2.23. The summed E-state index contributed by atoms with van der Waals surface area (Å²) in [6, 6.07) is 3.55. The molecule has 2 N–H and O–H groups in total. The highest BCUT2D eigenvalue weighted by atomic mass is 32.2. The van der Waals surface area contributed by atoms with Crippen molar-refractivity contribution < 1.29 is 26.7 Å². The zero-order valence-electron chi connectivity index (χ0n) is 11.1. The van der Waals surface area contributed by atoms with E-state index in [2.05, 4.69) is 4.72 Å². The molecule has 118 valence electrons. The van der Waals surface area contributed by atoms with Crippen LogP contribution in [0, 0.1) is 5.92 Å². The number of aliphatic hydroxyl groups excluding tert-OH is 1. The van der Waals surface area contributed by atoms with Crippen LogP contribution in [0.25, 0.3) is 0 Å². The van der Waals surface area contributed by atoms with Crippen molar-refractivity contribution in [3.05, 3.63) is 29.8 Å². The van der Waals surface area contributed by atoms with Crippen LogP contribution in [0.2, 0.25) is 0 Å². The van der Waals surface area contributed by atoms with Crippen molar-refractivity contribution in [2.24, 2.45) is 5.92 Å². The summed E-state index contributed by atoms with van der Waals surface area (Å²) < 4.78 is 65.5. The van der Waals surface area contributed by atoms with Gasteiger partial charge in [-0.2, -0.15) is 13.2 Å². The minimum absolute atomic E-state index is 0.0879. The molecule has 0 radical (unpaired) electrons. The van der Waals surface area contributed by atoms with E-state index in [0.717, 1.165) is 31.0 Å². The van der Waals surface area contributed by atoms with Crippen molar-refractivity contribution in [3.8, 4) is 0 Å². The number of halogens is 3. The molecule has 8 heteroatoms. The Morgan fingerprint density at radius 3 is 2.43 bits per heavy atom. The zero-order valence-corrected chi connectivity index (χ0v) is 11.9. The third-order valence-electron chi connectivity index (χ3n) is 3.42. The fourth-order valence-corrected chi connectivity index (χ4v) is 3.79. The Balaban J connectivity index is 2.31. The Hall–Kier alpha value is -1.12. The quantitative estimate of drug-likeness (QED) is 0.843. The largest absolute Gasteiger partial charge is 0.417 e. The fraction of sp³-hybridized carbons (Fsp3) is 0.538. The maximum Gasteiger partial charge on any atom is 0.417 e. The number of benzene rings is 1. The molecule has 1 aromatic rings. The van der Waals surface area contributed by atoms with Crippen molar-refractivity contribution in [3.63, 3.8) is 0 Å². The summed E-state index contributed by atoms with van der Waals surface area (Å²) in [5.74, 6) is 0.0879. The molecule has 2 rings (SSSR count). The molecular weight excluding hydrogens is 307 g/mol. The van der Waals surface area contributed by atoms with E-state index in [4.69, 9.17) is 5.11 Å². The highest BCUT2D eigenvalue weighted by molar-refractivity contribution is 7.89. The molecule has 1 saturated carbocycles. The molecule has 0 saturated heterocycles. The normalized spacial score (nSPS) is 17.7. The molecule has 1 fully saturated rings. The zero-order chi connectivity index (χ0) is 15.7. The average molecular weight is 323 g/mol. The van der Waals surface area contributed by atoms with Gasteiger partial charge in [0.15, 0.2) is 0 Å². The van der Waals surface area contributed by atoms with Gasteiger partial charge >= 0.3 is 6.18 Å². The number of hydrogen-bond acceptors (Lipinski definition) is 3. The van der Waals surface area contributed by atoms with Crippen LogP contribution in [-0.2, 0) is 16.2 Å². The third-order valence-corrected chi connectivity index (χ3v) is 4.97. The first-order chi connectivity index (χ1) is 9.75. The molecule has 0 aliphatic heterocycles. The first kappa shape index (κ1) is 16.3. The molecule has 1 aliphatic rings. The van der Waals surface area contributed by atoms with E-state index in [1.54, 1.807) is 0 Å². The standard InChI is InChI=1S/C13H16F3NO3S/c14-13(15,16)10-3-1-2-4-12(10)21(19,20)17-11(7-8-18)9-5-6-9/h1-4,9,11,17-18H,5-8H2. The van der Waals surface area contributed by atoms with Crippen LogP contribution in [0.5, 0.6) is 0 Å². The lowest BCUT2D eigenvalue weighted by Gasteiger charge is -2.19.